The third-order valence-corrected chi connectivity index (χ3v) is 3.99. The molecule has 0 aliphatic heterocycles. The average Bonchev–Trinajstić information content (AvgIpc) is 2.66. The van der Waals surface area contributed by atoms with Gasteiger partial charge < -0.3 is 28.5 Å². The lowest BCUT2D eigenvalue weighted by molar-refractivity contribution is 0.340. The Hall–Kier alpha value is -3.35. The summed E-state index contributed by atoms with van der Waals surface area (Å²) in [5.74, 6) is 1.41. The van der Waals surface area contributed by atoms with Gasteiger partial charge in [-0.1, -0.05) is 0 Å². The molecule has 0 saturated heterocycles. The van der Waals surface area contributed by atoms with Crippen LogP contribution in [0.2, 0.25) is 0 Å². The zero-order valence-electron chi connectivity index (χ0n) is 14.8. The Labute approximate surface area is 149 Å². The number of hydrogen-bond donors (Lipinski definition) is 1. The predicted molar refractivity (Wildman–Crippen MR) is 95.8 cm³/mol. The van der Waals surface area contributed by atoms with Crippen molar-refractivity contribution >= 4 is 11.0 Å². The van der Waals surface area contributed by atoms with Crippen molar-refractivity contribution in [1.29, 1.82) is 0 Å². The summed E-state index contributed by atoms with van der Waals surface area (Å²) in [6, 6.07) is 7.69. The van der Waals surface area contributed by atoms with E-state index >= 15 is 0 Å². The van der Waals surface area contributed by atoms with Crippen LogP contribution in [0, 0.1) is 0 Å². The number of methoxy groups -OCH3 is 4. The van der Waals surface area contributed by atoms with E-state index in [-0.39, 0.29) is 28.4 Å². The van der Waals surface area contributed by atoms with E-state index in [1.54, 1.807) is 24.3 Å². The molecule has 0 amide bonds. The van der Waals surface area contributed by atoms with E-state index in [0.717, 1.165) is 0 Å². The van der Waals surface area contributed by atoms with Crippen molar-refractivity contribution in [3.63, 3.8) is 0 Å². The van der Waals surface area contributed by atoms with E-state index in [0.29, 0.717) is 28.0 Å². The van der Waals surface area contributed by atoms with Crippen molar-refractivity contribution in [2.24, 2.45) is 0 Å². The van der Waals surface area contributed by atoms with Crippen molar-refractivity contribution in [3.8, 4) is 40.1 Å². The highest BCUT2D eigenvalue weighted by Gasteiger charge is 2.17. The number of benzene rings is 2. The maximum Gasteiger partial charge on any atom is 0.200 e. The van der Waals surface area contributed by atoms with E-state index < -0.39 is 0 Å². The number of hydrogen-bond acceptors (Lipinski definition) is 7. The lowest BCUT2D eigenvalue weighted by Gasteiger charge is -2.12. The average molecular weight is 358 g/mol. The summed E-state index contributed by atoms with van der Waals surface area (Å²) in [7, 11) is 5.82. The largest absolute Gasteiger partial charge is 0.502 e. The Morgan fingerprint density at radius 3 is 1.96 bits per heavy atom. The van der Waals surface area contributed by atoms with Gasteiger partial charge in [0.25, 0.3) is 0 Å². The molecule has 0 spiro atoms. The minimum atomic E-state index is -0.272. The molecule has 0 saturated carbocycles. The summed E-state index contributed by atoms with van der Waals surface area (Å²) in [4.78, 5) is 12.6. The van der Waals surface area contributed by atoms with Gasteiger partial charge in [-0.05, 0) is 12.1 Å². The summed E-state index contributed by atoms with van der Waals surface area (Å²) in [5.41, 5.74) is 0.554. The van der Waals surface area contributed by atoms with Crippen molar-refractivity contribution in [1.82, 2.24) is 0 Å². The SMILES string of the molecule is COc1cc(OC)c2c(=O)cc(-c3cc(OC)c(O)c(OC)c3)oc2c1. The van der Waals surface area contributed by atoms with E-state index in [9.17, 15) is 9.90 Å². The lowest BCUT2D eigenvalue weighted by atomic mass is 10.1. The molecule has 7 nitrogen and oxygen atoms in total. The summed E-state index contributed by atoms with van der Waals surface area (Å²) < 4.78 is 26.7. The third kappa shape index (κ3) is 2.88. The molecule has 0 atom stereocenters. The maximum absolute atomic E-state index is 12.6. The monoisotopic (exact) mass is 358 g/mol. The molecular weight excluding hydrogens is 340 g/mol. The number of phenolic OH excluding ortho intramolecular Hbond substituents is 1. The van der Waals surface area contributed by atoms with Crippen molar-refractivity contribution in [2.75, 3.05) is 28.4 Å². The third-order valence-electron chi connectivity index (χ3n) is 3.99. The van der Waals surface area contributed by atoms with Crippen molar-refractivity contribution in [3.05, 3.63) is 40.6 Å². The first-order valence-corrected chi connectivity index (χ1v) is 7.67. The summed E-state index contributed by atoms with van der Waals surface area (Å²) in [6.07, 6.45) is 0. The Morgan fingerprint density at radius 2 is 1.42 bits per heavy atom. The zero-order chi connectivity index (χ0) is 18.8. The number of phenols is 1. The van der Waals surface area contributed by atoms with Crippen LogP contribution in [0.5, 0.6) is 28.7 Å². The minimum Gasteiger partial charge on any atom is -0.502 e. The first-order chi connectivity index (χ1) is 12.5. The van der Waals surface area contributed by atoms with E-state index in [1.807, 2.05) is 0 Å². The van der Waals surface area contributed by atoms with Gasteiger partial charge in [-0.3, -0.25) is 4.79 Å². The van der Waals surface area contributed by atoms with Crippen LogP contribution in [-0.2, 0) is 0 Å². The molecule has 0 bridgehead atoms. The Bertz CT molecular complexity index is 995. The first kappa shape index (κ1) is 17.5. The molecule has 1 aromatic heterocycles. The fourth-order valence-corrected chi connectivity index (χ4v) is 2.69. The van der Waals surface area contributed by atoms with Crippen molar-refractivity contribution < 1.29 is 28.5 Å². The molecule has 0 fully saturated rings. The zero-order valence-corrected chi connectivity index (χ0v) is 14.8. The van der Waals surface area contributed by atoms with Gasteiger partial charge in [0.15, 0.2) is 16.9 Å². The first-order valence-electron chi connectivity index (χ1n) is 7.67. The molecular formula is C19H18O7. The molecule has 0 radical (unpaired) electrons. The highest BCUT2D eigenvalue weighted by molar-refractivity contribution is 5.86. The van der Waals surface area contributed by atoms with E-state index in [4.69, 9.17) is 23.4 Å². The van der Waals surface area contributed by atoms with E-state index in [1.165, 1.54) is 34.5 Å². The van der Waals surface area contributed by atoms with Gasteiger partial charge in [0, 0.05) is 23.8 Å². The summed E-state index contributed by atoms with van der Waals surface area (Å²) in [6.45, 7) is 0. The smallest absolute Gasteiger partial charge is 0.200 e. The predicted octanol–water partition coefficient (Wildman–Crippen LogP) is 3.20. The highest BCUT2D eigenvalue weighted by atomic mass is 16.5. The molecule has 26 heavy (non-hydrogen) atoms. The molecule has 3 aromatic rings. The van der Waals surface area contributed by atoms with Gasteiger partial charge in [-0.2, -0.15) is 0 Å². The second-order valence-corrected chi connectivity index (χ2v) is 5.41. The summed E-state index contributed by atoms with van der Waals surface area (Å²) >= 11 is 0. The van der Waals surface area contributed by atoms with Gasteiger partial charge in [0.2, 0.25) is 5.75 Å². The molecule has 3 rings (SSSR count). The number of rotatable bonds is 5. The van der Waals surface area contributed by atoms with Gasteiger partial charge in [-0.15, -0.1) is 0 Å². The van der Waals surface area contributed by atoms with Crippen LogP contribution in [0.1, 0.15) is 0 Å². The molecule has 0 unspecified atom stereocenters. The second kappa shape index (κ2) is 6.87. The molecule has 0 aliphatic carbocycles. The van der Waals surface area contributed by atoms with Gasteiger partial charge in [0.05, 0.1) is 28.4 Å². The van der Waals surface area contributed by atoms with Gasteiger partial charge in [-0.25, -0.2) is 0 Å². The Balaban J connectivity index is 2.28. The van der Waals surface area contributed by atoms with Crippen LogP contribution in [0.3, 0.4) is 0 Å². The number of fused-ring (bicyclic) bond motifs is 1. The highest BCUT2D eigenvalue weighted by Crippen LogP contribution is 2.41. The van der Waals surface area contributed by atoms with Crippen LogP contribution < -0.4 is 24.4 Å². The fraction of sp³-hybridized carbons (Fsp3) is 0.211. The summed E-state index contributed by atoms with van der Waals surface area (Å²) in [5, 5.41) is 10.4. The van der Waals surface area contributed by atoms with Crippen LogP contribution in [0.4, 0.5) is 0 Å². The van der Waals surface area contributed by atoms with E-state index in [2.05, 4.69) is 0 Å². The van der Waals surface area contributed by atoms with Crippen LogP contribution in [0.25, 0.3) is 22.3 Å². The normalized spacial score (nSPS) is 10.6. The van der Waals surface area contributed by atoms with Crippen LogP contribution in [0.15, 0.2) is 39.5 Å². The Morgan fingerprint density at radius 1 is 0.808 bits per heavy atom. The van der Waals surface area contributed by atoms with Gasteiger partial charge in [0.1, 0.15) is 28.2 Å². The molecule has 0 aliphatic rings. The van der Waals surface area contributed by atoms with Gasteiger partial charge >= 0.3 is 0 Å². The molecule has 1 N–H and O–H groups in total. The van der Waals surface area contributed by atoms with Crippen LogP contribution in [-0.4, -0.2) is 33.5 Å². The number of aromatic hydroxyl groups is 1. The second-order valence-electron chi connectivity index (χ2n) is 5.41. The lowest BCUT2D eigenvalue weighted by Crippen LogP contribution is -2.03. The molecule has 2 aromatic carbocycles. The standard InChI is InChI=1S/C19H18O7/c1-22-11-7-14(23-2)18-12(20)9-13(26-15(18)8-11)10-5-16(24-3)19(21)17(6-10)25-4/h5-9,21H,1-4H3. The number of ether oxygens (including phenoxy) is 4. The quantitative estimate of drug-likeness (QED) is 0.749. The Kier molecular flexibility index (Phi) is 4.62. The van der Waals surface area contributed by atoms with Crippen molar-refractivity contribution in [2.45, 2.75) is 0 Å². The topological polar surface area (TPSA) is 87.4 Å². The molecule has 1 heterocycles. The fourth-order valence-electron chi connectivity index (χ4n) is 2.69. The molecule has 7 heteroatoms. The molecule has 136 valence electrons. The maximum atomic E-state index is 12.6. The minimum absolute atomic E-state index is 0.134. The van der Waals surface area contributed by atoms with Crippen LogP contribution >= 0.6 is 0 Å².